The number of hydrogen-bond donors (Lipinski definition) is 1. The molecule has 2 heterocycles. The van der Waals surface area contributed by atoms with E-state index in [1.807, 2.05) is 37.3 Å². The number of nitrogens with one attached hydrogen (secondary N) is 1. The highest BCUT2D eigenvalue weighted by Crippen LogP contribution is 2.30. The van der Waals surface area contributed by atoms with Crippen LogP contribution in [0.3, 0.4) is 0 Å². The first kappa shape index (κ1) is 13.1. The third-order valence-corrected chi connectivity index (χ3v) is 4.38. The number of H-pyrrole nitrogens is 1. The van der Waals surface area contributed by atoms with Gasteiger partial charge in [0.25, 0.3) is 5.19 Å². The molecule has 102 valence electrons. The van der Waals surface area contributed by atoms with Crippen molar-refractivity contribution < 1.29 is 9.53 Å². The lowest BCUT2D eigenvalue weighted by Gasteiger charge is -1.93. The first-order valence-electron chi connectivity index (χ1n) is 6.02. The van der Waals surface area contributed by atoms with E-state index in [1.54, 1.807) is 0 Å². The number of thioether (sulfide) groups is 1. The van der Waals surface area contributed by atoms with Gasteiger partial charge in [0.15, 0.2) is 4.34 Å². The van der Waals surface area contributed by atoms with Crippen molar-refractivity contribution in [1.82, 2.24) is 15.2 Å². The van der Waals surface area contributed by atoms with Gasteiger partial charge in [-0.1, -0.05) is 23.3 Å². The maximum absolute atomic E-state index is 12.2. The summed E-state index contributed by atoms with van der Waals surface area (Å²) in [5, 5.41) is 9.20. The second-order valence-electron chi connectivity index (χ2n) is 3.93. The van der Waals surface area contributed by atoms with E-state index in [9.17, 15) is 4.79 Å². The van der Waals surface area contributed by atoms with Gasteiger partial charge in [-0.15, -0.1) is 5.10 Å². The summed E-state index contributed by atoms with van der Waals surface area (Å²) in [5.74, 6) is 0. The normalized spacial score (nSPS) is 10.8. The third kappa shape index (κ3) is 2.68. The molecule has 20 heavy (non-hydrogen) atoms. The van der Waals surface area contributed by atoms with Crippen LogP contribution in [-0.2, 0) is 0 Å². The minimum absolute atomic E-state index is 0.0830. The predicted octanol–water partition coefficient (Wildman–Crippen LogP) is 3.35. The number of aromatic nitrogens is 3. The molecule has 0 spiro atoms. The SMILES string of the molecule is CCOc1nnc(SC(=O)c2cc3ccccc3[nH]2)s1. The van der Waals surface area contributed by atoms with Crippen LogP contribution in [0.4, 0.5) is 0 Å². The summed E-state index contributed by atoms with van der Waals surface area (Å²) >= 11 is 2.32. The largest absolute Gasteiger partial charge is 0.469 e. The van der Waals surface area contributed by atoms with Gasteiger partial charge in [-0.25, -0.2) is 0 Å². The van der Waals surface area contributed by atoms with Crippen LogP contribution in [-0.4, -0.2) is 26.9 Å². The number of hydrogen-bond acceptors (Lipinski definition) is 6. The average Bonchev–Trinajstić information content (AvgIpc) is 3.05. The number of ether oxygens (including phenoxy) is 1. The molecule has 0 radical (unpaired) electrons. The van der Waals surface area contributed by atoms with Crippen LogP contribution in [0.25, 0.3) is 10.9 Å². The summed E-state index contributed by atoms with van der Waals surface area (Å²) in [4.78, 5) is 15.3. The lowest BCUT2D eigenvalue weighted by atomic mass is 10.2. The molecule has 0 aliphatic carbocycles. The van der Waals surface area contributed by atoms with Crippen LogP contribution in [0.1, 0.15) is 17.4 Å². The number of rotatable bonds is 4. The molecular weight excluding hydrogens is 294 g/mol. The summed E-state index contributed by atoms with van der Waals surface area (Å²) in [6.07, 6.45) is 0. The topological polar surface area (TPSA) is 67.9 Å². The molecule has 0 atom stereocenters. The van der Waals surface area contributed by atoms with Gasteiger partial charge in [-0.3, -0.25) is 4.79 Å². The fourth-order valence-corrected chi connectivity index (χ4v) is 3.30. The van der Waals surface area contributed by atoms with Gasteiger partial charge in [0, 0.05) is 10.9 Å². The van der Waals surface area contributed by atoms with Gasteiger partial charge >= 0.3 is 0 Å². The Balaban J connectivity index is 1.77. The predicted molar refractivity (Wildman–Crippen MR) is 79.6 cm³/mol. The highest BCUT2D eigenvalue weighted by atomic mass is 32.2. The maximum Gasteiger partial charge on any atom is 0.294 e. The van der Waals surface area contributed by atoms with Gasteiger partial charge in [-0.2, -0.15) is 0 Å². The third-order valence-electron chi connectivity index (χ3n) is 2.59. The monoisotopic (exact) mass is 305 g/mol. The van der Waals surface area contributed by atoms with Crippen molar-refractivity contribution in [2.75, 3.05) is 6.61 Å². The number of nitrogens with zero attached hydrogens (tertiary/aromatic N) is 2. The molecule has 0 saturated heterocycles. The van der Waals surface area contributed by atoms with Crippen LogP contribution in [0.5, 0.6) is 5.19 Å². The Morgan fingerprint density at radius 3 is 3.05 bits per heavy atom. The van der Waals surface area contributed by atoms with E-state index >= 15 is 0 Å². The Bertz CT molecular complexity index is 718. The number of para-hydroxylation sites is 1. The molecule has 0 aliphatic heterocycles. The van der Waals surface area contributed by atoms with Gasteiger partial charge in [0.2, 0.25) is 5.12 Å². The minimum Gasteiger partial charge on any atom is -0.469 e. The van der Waals surface area contributed by atoms with Crippen molar-refractivity contribution in [3.05, 3.63) is 36.0 Å². The zero-order chi connectivity index (χ0) is 13.9. The van der Waals surface area contributed by atoms with Crippen LogP contribution in [0.15, 0.2) is 34.7 Å². The van der Waals surface area contributed by atoms with Gasteiger partial charge in [-0.05, 0) is 42.2 Å². The molecular formula is C13H11N3O2S2. The Hall–Kier alpha value is -1.86. The molecule has 0 saturated carbocycles. The molecule has 0 amide bonds. The van der Waals surface area contributed by atoms with E-state index in [1.165, 1.54) is 11.3 Å². The molecule has 1 N–H and O–H groups in total. The zero-order valence-electron chi connectivity index (χ0n) is 10.6. The Kier molecular flexibility index (Phi) is 3.70. The number of fused-ring (bicyclic) bond motifs is 1. The average molecular weight is 305 g/mol. The summed E-state index contributed by atoms with van der Waals surface area (Å²) in [7, 11) is 0. The molecule has 1 aromatic carbocycles. The van der Waals surface area contributed by atoms with Gasteiger partial charge < -0.3 is 9.72 Å². The smallest absolute Gasteiger partial charge is 0.294 e. The van der Waals surface area contributed by atoms with E-state index in [0.29, 0.717) is 21.8 Å². The molecule has 7 heteroatoms. The standard InChI is InChI=1S/C13H11N3O2S2/c1-2-18-12-15-16-13(20-12)19-11(17)10-7-8-5-3-4-6-9(8)14-10/h3-7,14H,2H2,1H3. The highest BCUT2D eigenvalue weighted by Gasteiger charge is 2.15. The molecule has 2 aromatic heterocycles. The van der Waals surface area contributed by atoms with E-state index in [0.717, 1.165) is 22.7 Å². The van der Waals surface area contributed by atoms with Crippen molar-refractivity contribution in [2.45, 2.75) is 11.3 Å². The summed E-state index contributed by atoms with van der Waals surface area (Å²) in [5.41, 5.74) is 1.51. The minimum atomic E-state index is -0.0830. The van der Waals surface area contributed by atoms with Crippen LogP contribution in [0, 0.1) is 0 Å². The van der Waals surface area contributed by atoms with Gasteiger partial charge in [0.05, 0.1) is 12.3 Å². The Labute approximate surface area is 123 Å². The Morgan fingerprint density at radius 2 is 2.25 bits per heavy atom. The van der Waals surface area contributed by atoms with Crippen molar-refractivity contribution in [3.8, 4) is 5.19 Å². The lowest BCUT2D eigenvalue weighted by Crippen LogP contribution is -1.92. The van der Waals surface area contributed by atoms with Gasteiger partial charge in [0.1, 0.15) is 0 Å². The van der Waals surface area contributed by atoms with Crippen molar-refractivity contribution >= 4 is 39.1 Å². The van der Waals surface area contributed by atoms with Crippen LogP contribution >= 0.6 is 23.1 Å². The first-order valence-corrected chi connectivity index (χ1v) is 7.66. The maximum atomic E-state index is 12.2. The number of carbonyl (C=O) groups is 1. The molecule has 0 fully saturated rings. The summed E-state index contributed by atoms with van der Waals surface area (Å²) in [6.45, 7) is 2.42. The second-order valence-corrected chi connectivity index (χ2v) is 6.09. The molecule has 0 unspecified atom stereocenters. The van der Waals surface area contributed by atoms with Crippen molar-refractivity contribution in [2.24, 2.45) is 0 Å². The fraction of sp³-hybridized carbons (Fsp3) is 0.154. The second kappa shape index (κ2) is 5.64. The quantitative estimate of drug-likeness (QED) is 0.749. The molecule has 0 aliphatic rings. The number of aromatic amines is 1. The van der Waals surface area contributed by atoms with Crippen LogP contribution < -0.4 is 4.74 Å². The number of benzene rings is 1. The summed E-state index contributed by atoms with van der Waals surface area (Å²) in [6, 6.07) is 9.62. The van der Waals surface area contributed by atoms with Crippen molar-refractivity contribution in [1.29, 1.82) is 0 Å². The fourth-order valence-electron chi connectivity index (χ4n) is 1.74. The number of carbonyl (C=O) groups excluding carboxylic acids is 1. The van der Waals surface area contributed by atoms with Crippen molar-refractivity contribution in [3.63, 3.8) is 0 Å². The molecule has 3 aromatic rings. The van der Waals surface area contributed by atoms with Crippen LogP contribution in [0.2, 0.25) is 0 Å². The zero-order valence-corrected chi connectivity index (χ0v) is 12.3. The van der Waals surface area contributed by atoms with E-state index < -0.39 is 0 Å². The summed E-state index contributed by atoms with van der Waals surface area (Å²) < 4.78 is 5.81. The van der Waals surface area contributed by atoms with E-state index in [2.05, 4.69) is 15.2 Å². The highest BCUT2D eigenvalue weighted by molar-refractivity contribution is 8.15. The first-order chi connectivity index (χ1) is 9.76. The Morgan fingerprint density at radius 1 is 1.40 bits per heavy atom. The molecule has 5 nitrogen and oxygen atoms in total. The van der Waals surface area contributed by atoms with E-state index in [4.69, 9.17) is 4.74 Å². The lowest BCUT2D eigenvalue weighted by molar-refractivity contribution is 0.108. The molecule has 0 bridgehead atoms. The van der Waals surface area contributed by atoms with E-state index in [-0.39, 0.29) is 5.12 Å². The molecule has 3 rings (SSSR count).